The van der Waals surface area contributed by atoms with Crippen molar-refractivity contribution in [2.45, 2.75) is 57.8 Å². The van der Waals surface area contributed by atoms with E-state index in [1.165, 1.54) is 48.3 Å². The van der Waals surface area contributed by atoms with E-state index < -0.39 is 15.7 Å². The standard InChI is InChI=1S/C33H42N4S/c1-8-33(6,36(7)34)35-31(22-30-24(5)25-17-12-14-21-29(25)38(30,9-2)10-3)37-28-20-13-11-18-26(28)27-19-15-16-23(4)32(27)37/h11-22,31,35H,5,8-10,34H2,1-4,6-7H3/b30-22+. The van der Waals surface area contributed by atoms with Gasteiger partial charge in [-0.3, -0.25) is 11.2 Å². The number of hydrogen-bond donors (Lipinski definition) is 2. The molecule has 2 heterocycles. The fourth-order valence-electron chi connectivity index (χ4n) is 6.21. The van der Waals surface area contributed by atoms with Gasteiger partial charge in [0.1, 0.15) is 6.17 Å². The molecule has 0 fully saturated rings. The summed E-state index contributed by atoms with van der Waals surface area (Å²) in [6, 6.07) is 24.3. The highest BCUT2D eigenvalue weighted by atomic mass is 32.3. The Balaban J connectivity index is 1.84. The number of rotatable bonds is 8. The predicted molar refractivity (Wildman–Crippen MR) is 167 cm³/mol. The quantitative estimate of drug-likeness (QED) is 0.139. The van der Waals surface area contributed by atoms with Crippen LogP contribution in [0.15, 0.2) is 89.2 Å². The van der Waals surface area contributed by atoms with E-state index >= 15 is 0 Å². The van der Waals surface area contributed by atoms with Crippen LogP contribution in [0.2, 0.25) is 0 Å². The molecule has 0 saturated heterocycles. The second kappa shape index (κ2) is 10.0. The van der Waals surface area contributed by atoms with Gasteiger partial charge in [0, 0.05) is 27.6 Å². The molecule has 2 unspecified atom stereocenters. The Morgan fingerprint density at radius 1 is 1.00 bits per heavy atom. The van der Waals surface area contributed by atoms with Gasteiger partial charge in [0.25, 0.3) is 0 Å². The molecule has 3 N–H and O–H groups in total. The number of aryl methyl sites for hydroxylation is 1. The number of hydrogen-bond acceptors (Lipinski definition) is 3. The Hall–Kier alpha value is -2.83. The molecule has 1 aliphatic heterocycles. The first-order valence-electron chi connectivity index (χ1n) is 13.8. The number of nitrogens with zero attached hydrogens (tertiary/aromatic N) is 2. The molecule has 200 valence electrons. The fraction of sp³-hybridized carbons (Fsp3) is 0.333. The number of nitrogens with two attached hydrogens (primary N) is 1. The van der Waals surface area contributed by atoms with Crippen LogP contribution in [-0.4, -0.2) is 33.8 Å². The lowest BCUT2D eigenvalue weighted by Crippen LogP contribution is -2.59. The maximum absolute atomic E-state index is 6.48. The van der Waals surface area contributed by atoms with Crippen molar-refractivity contribution in [3.8, 4) is 0 Å². The van der Waals surface area contributed by atoms with E-state index in [-0.39, 0.29) is 6.17 Å². The Kier molecular flexibility index (Phi) is 7.08. The summed E-state index contributed by atoms with van der Waals surface area (Å²) in [6.45, 7) is 16.0. The van der Waals surface area contributed by atoms with Gasteiger partial charge >= 0.3 is 0 Å². The highest BCUT2D eigenvalue weighted by Crippen LogP contribution is 2.71. The monoisotopic (exact) mass is 526 g/mol. The summed E-state index contributed by atoms with van der Waals surface area (Å²) < 4.78 is 2.50. The molecule has 4 aromatic rings. The molecule has 5 rings (SSSR count). The van der Waals surface area contributed by atoms with Crippen molar-refractivity contribution < 1.29 is 0 Å². The minimum Gasteiger partial charge on any atom is -0.320 e. The summed E-state index contributed by atoms with van der Waals surface area (Å²) in [7, 11) is 0.746. The van der Waals surface area contributed by atoms with Gasteiger partial charge in [-0.05, 0) is 66.7 Å². The second-order valence-corrected chi connectivity index (χ2v) is 14.5. The minimum absolute atomic E-state index is 0.125. The third-order valence-corrected chi connectivity index (χ3v) is 13.2. The van der Waals surface area contributed by atoms with E-state index in [2.05, 4.69) is 124 Å². The first kappa shape index (κ1) is 26.8. The van der Waals surface area contributed by atoms with Gasteiger partial charge in [-0.2, -0.15) is 10.0 Å². The molecule has 1 aliphatic rings. The number of fused-ring (bicyclic) bond motifs is 4. The first-order chi connectivity index (χ1) is 18.2. The van der Waals surface area contributed by atoms with Crippen molar-refractivity contribution in [1.29, 1.82) is 0 Å². The van der Waals surface area contributed by atoms with Crippen LogP contribution < -0.4 is 11.2 Å². The summed E-state index contributed by atoms with van der Waals surface area (Å²) in [5, 5.41) is 8.38. The molecular weight excluding hydrogens is 484 g/mol. The summed E-state index contributed by atoms with van der Waals surface area (Å²) in [4.78, 5) is 2.88. The summed E-state index contributed by atoms with van der Waals surface area (Å²) >= 11 is 0. The molecule has 5 heteroatoms. The number of allylic oxidation sites excluding steroid dienone is 1. The molecule has 0 spiro atoms. The lowest BCUT2D eigenvalue weighted by Gasteiger charge is -2.41. The summed E-state index contributed by atoms with van der Waals surface area (Å²) in [5.41, 5.74) is 5.81. The van der Waals surface area contributed by atoms with Crippen molar-refractivity contribution >= 4 is 37.4 Å². The highest BCUT2D eigenvalue weighted by molar-refractivity contribution is 8.37. The van der Waals surface area contributed by atoms with Gasteiger partial charge in [-0.1, -0.05) is 81.9 Å². The lowest BCUT2D eigenvalue weighted by molar-refractivity contribution is 0.0776. The maximum atomic E-state index is 6.48. The van der Waals surface area contributed by atoms with Gasteiger partial charge in [-0.25, -0.2) is 5.01 Å². The van der Waals surface area contributed by atoms with Crippen LogP contribution in [0, 0.1) is 6.92 Å². The van der Waals surface area contributed by atoms with E-state index in [1.54, 1.807) is 0 Å². The van der Waals surface area contributed by atoms with Crippen molar-refractivity contribution in [2.75, 3.05) is 18.6 Å². The molecule has 0 aliphatic carbocycles. The van der Waals surface area contributed by atoms with E-state index in [4.69, 9.17) is 5.84 Å². The molecule has 1 aromatic heterocycles. The number of nitrogens with one attached hydrogen (secondary N) is 1. The molecular formula is C33H42N4S. The van der Waals surface area contributed by atoms with Gasteiger partial charge in [-0.15, -0.1) is 0 Å². The lowest BCUT2D eigenvalue weighted by atomic mass is 10.1. The van der Waals surface area contributed by atoms with Crippen molar-refractivity contribution in [2.24, 2.45) is 5.84 Å². The molecule has 0 radical (unpaired) electrons. The zero-order valence-corrected chi connectivity index (χ0v) is 24.5. The second-order valence-electron chi connectivity index (χ2n) is 10.7. The van der Waals surface area contributed by atoms with Crippen LogP contribution >= 0.6 is 10.0 Å². The zero-order chi connectivity index (χ0) is 27.2. The summed E-state index contributed by atoms with van der Waals surface area (Å²) in [5.74, 6) is 8.68. The van der Waals surface area contributed by atoms with Crippen molar-refractivity contribution in [3.05, 3.63) is 95.4 Å². The minimum atomic E-state index is -1.21. The van der Waals surface area contributed by atoms with Crippen LogP contribution in [0.3, 0.4) is 0 Å². The van der Waals surface area contributed by atoms with E-state index in [0.717, 1.165) is 17.9 Å². The van der Waals surface area contributed by atoms with Gasteiger partial charge in [0.15, 0.2) is 0 Å². The molecule has 3 aromatic carbocycles. The zero-order valence-electron chi connectivity index (χ0n) is 23.7. The Morgan fingerprint density at radius 2 is 1.66 bits per heavy atom. The molecule has 0 bridgehead atoms. The number of hydrazine groups is 1. The first-order valence-corrected chi connectivity index (χ1v) is 15.7. The normalized spacial score (nSPS) is 19.3. The third-order valence-electron chi connectivity index (χ3n) is 8.78. The Bertz CT molecular complexity index is 1540. The predicted octanol–water partition coefficient (Wildman–Crippen LogP) is 7.94. The average Bonchev–Trinajstić information content (AvgIpc) is 3.39. The van der Waals surface area contributed by atoms with E-state index in [9.17, 15) is 0 Å². The smallest absolute Gasteiger partial charge is 0.106 e. The largest absolute Gasteiger partial charge is 0.320 e. The molecule has 0 saturated carbocycles. The Morgan fingerprint density at radius 3 is 2.34 bits per heavy atom. The molecule has 4 nitrogen and oxygen atoms in total. The van der Waals surface area contributed by atoms with Gasteiger partial charge < -0.3 is 4.57 Å². The molecule has 0 amide bonds. The molecule has 38 heavy (non-hydrogen) atoms. The van der Waals surface area contributed by atoms with Crippen LogP contribution in [0.25, 0.3) is 27.4 Å². The van der Waals surface area contributed by atoms with E-state index in [0.29, 0.717) is 0 Å². The Labute approximate surface area is 229 Å². The highest BCUT2D eigenvalue weighted by Gasteiger charge is 2.39. The van der Waals surface area contributed by atoms with Crippen LogP contribution in [-0.2, 0) is 0 Å². The van der Waals surface area contributed by atoms with Crippen LogP contribution in [0.1, 0.15) is 51.4 Å². The average molecular weight is 527 g/mol. The maximum Gasteiger partial charge on any atom is 0.106 e. The van der Waals surface area contributed by atoms with Crippen molar-refractivity contribution in [1.82, 2.24) is 14.9 Å². The van der Waals surface area contributed by atoms with Crippen molar-refractivity contribution in [3.63, 3.8) is 0 Å². The van der Waals surface area contributed by atoms with Gasteiger partial charge in [0.2, 0.25) is 0 Å². The third kappa shape index (κ3) is 3.95. The van der Waals surface area contributed by atoms with Crippen LogP contribution in [0.5, 0.6) is 0 Å². The number of aromatic nitrogens is 1. The summed E-state index contributed by atoms with van der Waals surface area (Å²) in [6.07, 6.45) is 3.22. The topological polar surface area (TPSA) is 46.2 Å². The number of benzene rings is 3. The van der Waals surface area contributed by atoms with Crippen LogP contribution in [0.4, 0.5) is 0 Å². The van der Waals surface area contributed by atoms with Gasteiger partial charge in [0.05, 0.1) is 16.7 Å². The molecule has 2 atom stereocenters. The fourth-order valence-corrected chi connectivity index (χ4v) is 10.0. The SMILES string of the molecule is C=C1/C(=C\C(NC(C)(CC)N(C)N)n2c3ccccc3c3cccc(C)c32)S(CC)(CC)c2ccccc21. The van der Waals surface area contributed by atoms with E-state index in [1.807, 2.05) is 12.1 Å². The number of para-hydroxylation sites is 2.